The number of aromatic nitrogens is 6. The molecule has 0 bridgehead atoms. The van der Waals surface area contributed by atoms with Crippen molar-refractivity contribution in [3.63, 3.8) is 0 Å². The van der Waals surface area contributed by atoms with Crippen LogP contribution in [0.1, 0.15) is 11.4 Å². The fraction of sp³-hybridized carbons (Fsp3) is 0.0339. The van der Waals surface area contributed by atoms with Gasteiger partial charge in [0.15, 0.2) is 17.5 Å². The van der Waals surface area contributed by atoms with Gasteiger partial charge in [-0.2, -0.15) is 0 Å². The standard InChI is InChI=1S/C59H42N6/c1-39-24-33-53(40(2)60-39)51-36-50(48-21-14-22-49(35-48)55-56(45-19-10-5-11-20-45)65-34-13-12-23-54(65)61-55)37-52(38-51)59-63-57(46-29-25-43(26-30-46)41-15-6-3-7-16-41)62-58(64-59)47-31-27-44(28-32-47)42-17-8-4-9-18-42/h3-38H,1-2H3. The maximum absolute atomic E-state index is 5.26. The van der Waals surface area contributed by atoms with Crippen LogP contribution in [0.4, 0.5) is 0 Å². The van der Waals surface area contributed by atoms with Gasteiger partial charge in [0.2, 0.25) is 0 Å². The number of pyridine rings is 2. The Bertz CT molecular complexity index is 3370. The van der Waals surface area contributed by atoms with Crippen LogP contribution in [0.15, 0.2) is 219 Å². The molecule has 7 aromatic carbocycles. The van der Waals surface area contributed by atoms with Gasteiger partial charge < -0.3 is 0 Å². The van der Waals surface area contributed by atoms with E-state index in [4.69, 9.17) is 24.9 Å². The number of hydrogen-bond acceptors (Lipinski definition) is 5. The van der Waals surface area contributed by atoms with Gasteiger partial charge in [-0.25, -0.2) is 19.9 Å². The summed E-state index contributed by atoms with van der Waals surface area (Å²) in [6, 6.07) is 73.9. The fourth-order valence-corrected chi connectivity index (χ4v) is 8.63. The molecule has 65 heavy (non-hydrogen) atoms. The van der Waals surface area contributed by atoms with Crippen molar-refractivity contribution in [2.24, 2.45) is 0 Å². The second kappa shape index (κ2) is 16.9. The Kier molecular flexibility index (Phi) is 10.2. The van der Waals surface area contributed by atoms with Crippen LogP contribution in [0.2, 0.25) is 0 Å². The summed E-state index contributed by atoms with van der Waals surface area (Å²) in [5.74, 6) is 1.77. The van der Waals surface area contributed by atoms with Crippen molar-refractivity contribution in [2.75, 3.05) is 0 Å². The minimum atomic E-state index is 0.577. The Labute approximate surface area is 378 Å². The van der Waals surface area contributed by atoms with E-state index in [2.05, 4.69) is 200 Å². The highest BCUT2D eigenvalue weighted by Crippen LogP contribution is 2.38. The molecular weight excluding hydrogens is 793 g/mol. The van der Waals surface area contributed by atoms with E-state index >= 15 is 0 Å². The molecule has 6 nitrogen and oxygen atoms in total. The highest BCUT2D eigenvalue weighted by atomic mass is 15.0. The van der Waals surface area contributed by atoms with Crippen molar-refractivity contribution in [3.05, 3.63) is 230 Å². The summed E-state index contributed by atoms with van der Waals surface area (Å²) in [6.45, 7) is 4.10. The van der Waals surface area contributed by atoms with Crippen LogP contribution >= 0.6 is 0 Å². The summed E-state index contributed by atoms with van der Waals surface area (Å²) in [4.78, 5) is 25.7. The third kappa shape index (κ3) is 7.90. The number of aryl methyl sites for hydroxylation is 2. The number of nitrogens with zero attached hydrogens (tertiary/aromatic N) is 6. The molecule has 4 heterocycles. The summed E-state index contributed by atoms with van der Waals surface area (Å²) >= 11 is 0. The van der Waals surface area contributed by atoms with E-state index in [1.165, 1.54) is 0 Å². The SMILES string of the molecule is Cc1ccc(-c2cc(-c3cccc(-c4nc5ccccn5c4-c4ccccc4)c3)cc(-c3nc(-c4ccc(-c5ccccc5)cc4)nc(-c4ccc(-c5ccccc5)cc4)n3)c2)c(C)n1. The summed E-state index contributed by atoms with van der Waals surface area (Å²) in [7, 11) is 0. The maximum Gasteiger partial charge on any atom is 0.164 e. The molecule has 6 heteroatoms. The van der Waals surface area contributed by atoms with Crippen LogP contribution in [0.3, 0.4) is 0 Å². The molecule has 308 valence electrons. The molecule has 0 saturated carbocycles. The first-order valence-corrected chi connectivity index (χ1v) is 21.8. The molecule has 0 fully saturated rings. The molecular formula is C59H42N6. The third-order valence-corrected chi connectivity index (χ3v) is 11.9. The van der Waals surface area contributed by atoms with Crippen LogP contribution in [-0.2, 0) is 0 Å². The van der Waals surface area contributed by atoms with Gasteiger partial charge in [-0.1, -0.05) is 170 Å². The van der Waals surface area contributed by atoms with Gasteiger partial charge in [0, 0.05) is 51.0 Å². The van der Waals surface area contributed by atoms with E-state index in [1.54, 1.807) is 0 Å². The smallest absolute Gasteiger partial charge is 0.164 e. The minimum absolute atomic E-state index is 0.577. The Morgan fingerprint density at radius 1 is 0.308 bits per heavy atom. The molecule has 4 aromatic heterocycles. The second-order valence-corrected chi connectivity index (χ2v) is 16.3. The van der Waals surface area contributed by atoms with Crippen molar-refractivity contribution >= 4 is 5.65 Å². The number of fused-ring (bicyclic) bond motifs is 1. The Balaban J connectivity index is 1.08. The van der Waals surface area contributed by atoms with E-state index in [9.17, 15) is 0 Å². The van der Waals surface area contributed by atoms with Gasteiger partial charge in [0.05, 0.1) is 11.4 Å². The van der Waals surface area contributed by atoms with E-state index < -0.39 is 0 Å². The zero-order valence-electron chi connectivity index (χ0n) is 36.0. The lowest BCUT2D eigenvalue weighted by Gasteiger charge is -2.14. The van der Waals surface area contributed by atoms with Crippen LogP contribution in [-0.4, -0.2) is 29.3 Å². The van der Waals surface area contributed by atoms with Crippen molar-refractivity contribution in [2.45, 2.75) is 13.8 Å². The summed E-state index contributed by atoms with van der Waals surface area (Å²) in [5.41, 5.74) is 18.3. The average Bonchev–Trinajstić information content (AvgIpc) is 3.77. The monoisotopic (exact) mass is 834 g/mol. The first kappa shape index (κ1) is 39.3. The fourth-order valence-electron chi connectivity index (χ4n) is 8.63. The van der Waals surface area contributed by atoms with Gasteiger partial charge in [0.1, 0.15) is 5.65 Å². The van der Waals surface area contributed by atoms with Gasteiger partial charge in [-0.15, -0.1) is 0 Å². The van der Waals surface area contributed by atoms with Gasteiger partial charge in [-0.05, 0) is 95.3 Å². The zero-order valence-corrected chi connectivity index (χ0v) is 36.0. The third-order valence-electron chi connectivity index (χ3n) is 11.9. The Morgan fingerprint density at radius 2 is 0.769 bits per heavy atom. The van der Waals surface area contributed by atoms with Gasteiger partial charge in [-0.3, -0.25) is 9.38 Å². The lowest BCUT2D eigenvalue weighted by molar-refractivity contribution is 1.07. The molecule has 11 aromatic rings. The lowest BCUT2D eigenvalue weighted by atomic mass is 9.93. The van der Waals surface area contributed by atoms with Crippen molar-refractivity contribution in [1.29, 1.82) is 0 Å². The normalized spacial score (nSPS) is 11.2. The number of imidazole rings is 1. The molecule has 0 aliphatic carbocycles. The van der Waals surface area contributed by atoms with Crippen molar-refractivity contribution in [1.82, 2.24) is 29.3 Å². The van der Waals surface area contributed by atoms with E-state index in [0.29, 0.717) is 17.5 Å². The molecule has 0 aliphatic rings. The van der Waals surface area contributed by atoms with Crippen LogP contribution < -0.4 is 0 Å². The highest BCUT2D eigenvalue weighted by Gasteiger charge is 2.19. The number of benzene rings is 7. The maximum atomic E-state index is 5.26. The highest BCUT2D eigenvalue weighted by molar-refractivity contribution is 5.86. The molecule has 11 rings (SSSR count). The predicted molar refractivity (Wildman–Crippen MR) is 265 cm³/mol. The molecule has 0 aliphatic heterocycles. The van der Waals surface area contributed by atoms with Crippen LogP contribution in [0, 0.1) is 13.8 Å². The predicted octanol–water partition coefficient (Wildman–Crippen LogP) is 14.5. The molecule has 0 spiro atoms. The zero-order chi connectivity index (χ0) is 43.7. The largest absolute Gasteiger partial charge is 0.299 e. The van der Waals surface area contributed by atoms with E-state index in [1.807, 2.05) is 37.3 Å². The molecule has 0 saturated heterocycles. The van der Waals surface area contributed by atoms with Gasteiger partial charge >= 0.3 is 0 Å². The molecule has 0 amide bonds. The first-order chi connectivity index (χ1) is 32.0. The van der Waals surface area contributed by atoms with E-state index in [-0.39, 0.29) is 0 Å². The van der Waals surface area contributed by atoms with Gasteiger partial charge in [0.25, 0.3) is 0 Å². The summed E-state index contributed by atoms with van der Waals surface area (Å²) in [5, 5.41) is 0. The lowest BCUT2D eigenvalue weighted by Crippen LogP contribution is -2.01. The first-order valence-electron chi connectivity index (χ1n) is 21.8. The quantitative estimate of drug-likeness (QED) is 0.145. The summed E-state index contributed by atoms with van der Waals surface area (Å²) in [6.07, 6.45) is 2.08. The van der Waals surface area contributed by atoms with Crippen molar-refractivity contribution in [3.8, 4) is 101 Å². The topological polar surface area (TPSA) is 68.9 Å². The van der Waals surface area contributed by atoms with Crippen LogP contribution in [0.25, 0.3) is 107 Å². The molecule has 0 radical (unpaired) electrons. The number of hydrogen-bond donors (Lipinski definition) is 0. The van der Waals surface area contributed by atoms with Crippen molar-refractivity contribution < 1.29 is 0 Å². The average molecular weight is 835 g/mol. The molecule has 0 unspecified atom stereocenters. The van der Waals surface area contributed by atoms with E-state index in [0.717, 1.165) is 101 Å². The second-order valence-electron chi connectivity index (χ2n) is 16.3. The Hall–Kier alpha value is -8.61. The minimum Gasteiger partial charge on any atom is -0.299 e. The number of rotatable bonds is 9. The van der Waals surface area contributed by atoms with Crippen LogP contribution in [0.5, 0.6) is 0 Å². The molecule has 0 N–H and O–H groups in total. The molecule has 0 atom stereocenters. The Morgan fingerprint density at radius 3 is 1.37 bits per heavy atom. The summed E-state index contributed by atoms with van der Waals surface area (Å²) < 4.78 is 2.17.